The van der Waals surface area contributed by atoms with Gasteiger partial charge in [-0.25, -0.2) is 0 Å². The van der Waals surface area contributed by atoms with Crippen LogP contribution in [0.4, 0.5) is 17.1 Å². The van der Waals surface area contributed by atoms with Crippen LogP contribution in [0.1, 0.15) is 5.56 Å². The maximum absolute atomic E-state index is 11.1. The SMILES string of the molecule is O=[N+]([O-])c1ccc(NC(CCl)Cc2ccccc2)c([N+](=O)[O-])c1. The van der Waals surface area contributed by atoms with Crippen molar-refractivity contribution in [3.8, 4) is 0 Å². The Bertz CT molecular complexity index is 709. The maximum atomic E-state index is 11.1. The van der Waals surface area contributed by atoms with E-state index in [-0.39, 0.29) is 29.0 Å². The Labute approximate surface area is 137 Å². The number of rotatable bonds is 7. The van der Waals surface area contributed by atoms with E-state index in [1.807, 2.05) is 30.3 Å². The van der Waals surface area contributed by atoms with Crippen molar-refractivity contribution < 1.29 is 9.85 Å². The molecule has 1 N–H and O–H groups in total. The molecule has 0 aliphatic carbocycles. The van der Waals surface area contributed by atoms with Crippen molar-refractivity contribution in [2.75, 3.05) is 11.2 Å². The van der Waals surface area contributed by atoms with Gasteiger partial charge in [0, 0.05) is 18.0 Å². The molecule has 0 radical (unpaired) electrons. The molecule has 8 heteroatoms. The van der Waals surface area contributed by atoms with Gasteiger partial charge in [0.15, 0.2) is 0 Å². The van der Waals surface area contributed by atoms with Crippen molar-refractivity contribution >= 4 is 28.7 Å². The van der Waals surface area contributed by atoms with Gasteiger partial charge >= 0.3 is 0 Å². The summed E-state index contributed by atoms with van der Waals surface area (Å²) in [6.45, 7) is 0. The predicted octanol–water partition coefficient (Wildman–Crippen LogP) is 3.77. The average Bonchev–Trinajstić information content (AvgIpc) is 2.55. The minimum Gasteiger partial charge on any atom is -0.375 e. The van der Waals surface area contributed by atoms with Gasteiger partial charge in [0.1, 0.15) is 5.69 Å². The summed E-state index contributed by atoms with van der Waals surface area (Å²) < 4.78 is 0. The number of nitro benzene ring substituents is 2. The molecule has 120 valence electrons. The number of hydrogen-bond donors (Lipinski definition) is 1. The summed E-state index contributed by atoms with van der Waals surface area (Å²) in [4.78, 5) is 20.6. The van der Waals surface area contributed by atoms with Gasteiger partial charge in [-0.1, -0.05) is 30.3 Å². The second-order valence-corrected chi connectivity index (χ2v) is 5.21. The van der Waals surface area contributed by atoms with Gasteiger partial charge < -0.3 is 5.32 Å². The molecule has 0 amide bonds. The molecule has 0 spiro atoms. The summed E-state index contributed by atoms with van der Waals surface area (Å²) in [6, 6.07) is 12.8. The molecule has 2 rings (SSSR count). The number of nitrogens with zero attached hydrogens (tertiary/aromatic N) is 2. The number of anilines is 1. The number of halogens is 1. The van der Waals surface area contributed by atoms with Crippen molar-refractivity contribution in [1.29, 1.82) is 0 Å². The molecule has 23 heavy (non-hydrogen) atoms. The van der Waals surface area contributed by atoms with Crippen molar-refractivity contribution in [3.05, 3.63) is 74.3 Å². The normalized spacial score (nSPS) is 11.7. The van der Waals surface area contributed by atoms with E-state index in [9.17, 15) is 20.2 Å². The van der Waals surface area contributed by atoms with Gasteiger partial charge in [-0.2, -0.15) is 0 Å². The fraction of sp³-hybridized carbons (Fsp3) is 0.200. The Morgan fingerprint density at radius 3 is 2.30 bits per heavy atom. The van der Waals surface area contributed by atoms with E-state index >= 15 is 0 Å². The third-order valence-electron chi connectivity index (χ3n) is 3.26. The van der Waals surface area contributed by atoms with Crippen LogP contribution in [0.3, 0.4) is 0 Å². The highest BCUT2D eigenvalue weighted by atomic mass is 35.5. The largest absolute Gasteiger partial charge is 0.375 e. The zero-order valence-corrected chi connectivity index (χ0v) is 12.8. The Hall–Kier alpha value is -2.67. The number of nitro groups is 2. The highest BCUT2D eigenvalue weighted by molar-refractivity contribution is 6.18. The van der Waals surface area contributed by atoms with Crippen LogP contribution in [0.5, 0.6) is 0 Å². The minimum absolute atomic E-state index is 0.210. The number of hydrogen-bond acceptors (Lipinski definition) is 5. The minimum atomic E-state index is -0.667. The summed E-state index contributed by atoms with van der Waals surface area (Å²) in [5, 5.41) is 24.9. The second kappa shape index (κ2) is 7.55. The van der Waals surface area contributed by atoms with Crippen LogP contribution in [0, 0.1) is 20.2 Å². The molecule has 0 heterocycles. The number of non-ortho nitro benzene ring substituents is 1. The van der Waals surface area contributed by atoms with Crippen LogP contribution in [0.15, 0.2) is 48.5 Å². The van der Waals surface area contributed by atoms with E-state index in [4.69, 9.17) is 11.6 Å². The molecule has 0 aromatic heterocycles. The molecule has 2 aromatic rings. The number of nitrogens with one attached hydrogen (secondary N) is 1. The van der Waals surface area contributed by atoms with Crippen LogP contribution in [0.25, 0.3) is 0 Å². The molecule has 2 aromatic carbocycles. The van der Waals surface area contributed by atoms with Gasteiger partial charge in [0.25, 0.3) is 11.4 Å². The maximum Gasteiger partial charge on any atom is 0.299 e. The van der Waals surface area contributed by atoms with Crippen LogP contribution >= 0.6 is 11.6 Å². The molecule has 0 saturated heterocycles. The fourth-order valence-electron chi connectivity index (χ4n) is 2.17. The monoisotopic (exact) mass is 335 g/mol. The Morgan fingerprint density at radius 1 is 1.04 bits per heavy atom. The van der Waals surface area contributed by atoms with Gasteiger partial charge in [-0.05, 0) is 18.1 Å². The van der Waals surface area contributed by atoms with Crippen LogP contribution in [-0.4, -0.2) is 21.8 Å². The van der Waals surface area contributed by atoms with Crippen molar-refractivity contribution in [2.45, 2.75) is 12.5 Å². The lowest BCUT2D eigenvalue weighted by molar-refractivity contribution is -0.393. The quantitative estimate of drug-likeness (QED) is 0.472. The first-order valence-electron chi connectivity index (χ1n) is 6.80. The number of alkyl halides is 1. The molecule has 1 unspecified atom stereocenters. The van der Waals surface area contributed by atoms with Crippen LogP contribution in [0.2, 0.25) is 0 Å². The van der Waals surface area contributed by atoms with Crippen molar-refractivity contribution in [2.24, 2.45) is 0 Å². The summed E-state index contributed by atoms with van der Waals surface area (Å²) in [7, 11) is 0. The fourth-order valence-corrected chi connectivity index (χ4v) is 2.36. The van der Waals surface area contributed by atoms with E-state index in [0.717, 1.165) is 11.6 Å². The van der Waals surface area contributed by atoms with E-state index in [0.29, 0.717) is 6.42 Å². The van der Waals surface area contributed by atoms with Gasteiger partial charge in [-0.15, -0.1) is 11.6 Å². The lowest BCUT2D eigenvalue weighted by Gasteiger charge is -2.17. The highest BCUT2D eigenvalue weighted by Crippen LogP contribution is 2.29. The summed E-state index contributed by atoms with van der Waals surface area (Å²) in [6.07, 6.45) is 0.582. The molecule has 0 bridgehead atoms. The van der Waals surface area contributed by atoms with E-state index in [1.54, 1.807) is 0 Å². The predicted molar refractivity (Wildman–Crippen MR) is 88.0 cm³/mol. The van der Waals surface area contributed by atoms with E-state index < -0.39 is 9.85 Å². The molecule has 1 atom stereocenters. The highest BCUT2D eigenvalue weighted by Gasteiger charge is 2.21. The molecule has 0 saturated carbocycles. The third-order valence-corrected chi connectivity index (χ3v) is 3.63. The molecule has 7 nitrogen and oxygen atoms in total. The van der Waals surface area contributed by atoms with Crippen LogP contribution < -0.4 is 5.32 Å². The standard InChI is InChI=1S/C15H14ClN3O4/c16-10-12(8-11-4-2-1-3-5-11)17-14-7-6-13(18(20)21)9-15(14)19(22)23/h1-7,9,12,17H,8,10H2. The van der Waals surface area contributed by atoms with Crippen LogP contribution in [-0.2, 0) is 6.42 Å². The zero-order chi connectivity index (χ0) is 16.8. The Balaban J connectivity index is 2.23. The van der Waals surface area contributed by atoms with Crippen molar-refractivity contribution in [3.63, 3.8) is 0 Å². The molecule has 0 aliphatic rings. The first kappa shape index (κ1) is 16.7. The molecule has 0 aliphatic heterocycles. The van der Waals surface area contributed by atoms with Gasteiger partial charge in [0.05, 0.1) is 15.9 Å². The van der Waals surface area contributed by atoms with E-state index in [1.165, 1.54) is 12.1 Å². The second-order valence-electron chi connectivity index (χ2n) is 4.90. The summed E-state index contributed by atoms with van der Waals surface area (Å²) >= 11 is 5.94. The Morgan fingerprint density at radius 2 is 1.74 bits per heavy atom. The van der Waals surface area contributed by atoms with E-state index in [2.05, 4.69) is 5.32 Å². The molecular weight excluding hydrogens is 322 g/mol. The average molecular weight is 336 g/mol. The Kier molecular flexibility index (Phi) is 5.48. The first-order chi connectivity index (χ1) is 11.0. The smallest absolute Gasteiger partial charge is 0.299 e. The molecular formula is C15H14ClN3O4. The number of benzene rings is 2. The lowest BCUT2D eigenvalue weighted by atomic mass is 10.1. The first-order valence-corrected chi connectivity index (χ1v) is 7.34. The summed E-state index contributed by atoms with van der Waals surface area (Å²) in [5.41, 5.74) is 0.576. The summed E-state index contributed by atoms with van der Waals surface area (Å²) in [5.74, 6) is 0.239. The van der Waals surface area contributed by atoms with Crippen molar-refractivity contribution in [1.82, 2.24) is 0 Å². The van der Waals surface area contributed by atoms with Gasteiger partial charge in [0.2, 0.25) is 0 Å². The third kappa shape index (κ3) is 4.40. The lowest BCUT2D eigenvalue weighted by Crippen LogP contribution is -2.24. The zero-order valence-electron chi connectivity index (χ0n) is 12.0. The van der Waals surface area contributed by atoms with Gasteiger partial charge in [-0.3, -0.25) is 20.2 Å². The topological polar surface area (TPSA) is 98.3 Å². The molecule has 0 fully saturated rings.